The molecular formula is C13H21NO4. The third-order valence-corrected chi connectivity index (χ3v) is 2.23. The topological polar surface area (TPSA) is 78.6 Å². The summed E-state index contributed by atoms with van der Waals surface area (Å²) in [6.07, 6.45) is 4.94. The van der Waals surface area contributed by atoms with Crippen LogP contribution in [0.25, 0.3) is 0 Å². The maximum absolute atomic E-state index is 11.7. The van der Waals surface area contributed by atoms with Crippen LogP contribution in [0.2, 0.25) is 0 Å². The van der Waals surface area contributed by atoms with Crippen molar-refractivity contribution in [3.63, 3.8) is 0 Å². The van der Waals surface area contributed by atoms with Gasteiger partial charge in [-0.25, -0.2) is 9.59 Å². The average molecular weight is 255 g/mol. The van der Waals surface area contributed by atoms with Gasteiger partial charge in [0.2, 0.25) is 0 Å². The molecule has 0 atom stereocenters. The van der Waals surface area contributed by atoms with E-state index in [0.717, 1.165) is 18.9 Å². The molecule has 0 unspecified atom stereocenters. The van der Waals surface area contributed by atoms with Gasteiger partial charge in [-0.2, -0.15) is 0 Å². The molecule has 0 aliphatic rings. The Morgan fingerprint density at radius 2 is 1.89 bits per heavy atom. The minimum Gasteiger partial charge on any atom is -0.466 e. The second-order valence-electron chi connectivity index (χ2n) is 3.62. The second-order valence-corrected chi connectivity index (χ2v) is 3.62. The zero-order valence-electron chi connectivity index (χ0n) is 11.2. The third kappa shape index (κ3) is 6.08. The van der Waals surface area contributed by atoms with Gasteiger partial charge in [-0.15, -0.1) is 0 Å². The number of nitrogens with two attached hydrogens (primary N) is 1. The van der Waals surface area contributed by atoms with Gasteiger partial charge in [-0.3, -0.25) is 0 Å². The molecule has 0 aliphatic carbocycles. The van der Waals surface area contributed by atoms with Gasteiger partial charge < -0.3 is 15.2 Å². The van der Waals surface area contributed by atoms with E-state index < -0.39 is 11.9 Å². The third-order valence-electron chi connectivity index (χ3n) is 2.23. The Morgan fingerprint density at radius 1 is 1.22 bits per heavy atom. The SMILES string of the molecule is CCCC/C(N)=C(\C=C\C(=O)OC)C(=O)OCC. The Bertz CT molecular complexity index is 345. The highest BCUT2D eigenvalue weighted by molar-refractivity contribution is 5.94. The molecular weight excluding hydrogens is 234 g/mol. The first-order valence-electron chi connectivity index (χ1n) is 5.98. The fourth-order valence-corrected chi connectivity index (χ4v) is 1.24. The van der Waals surface area contributed by atoms with Gasteiger partial charge in [0.05, 0.1) is 19.3 Å². The van der Waals surface area contributed by atoms with Crippen LogP contribution < -0.4 is 5.73 Å². The highest BCUT2D eigenvalue weighted by Gasteiger charge is 2.12. The van der Waals surface area contributed by atoms with Crippen molar-refractivity contribution in [3.05, 3.63) is 23.4 Å². The van der Waals surface area contributed by atoms with Gasteiger partial charge in [0.1, 0.15) is 0 Å². The summed E-state index contributed by atoms with van der Waals surface area (Å²) in [7, 11) is 1.26. The number of methoxy groups -OCH3 is 1. The Hall–Kier alpha value is -1.78. The molecule has 0 radical (unpaired) electrons. The standard InChI is InChI=1S/C13H21NO4/c1-4-6-7-11(14)10(13(16)18-5-2)8-9-12(15)17-3/h8-9H,4-7,14H2,1-3H3/b9-8+,11-10-. The summed E-state index contributed by atoms with van der Waals surface area (Å²) >= 11 is 0. The Balaban J connectivity index is 4.97. The lowest BCUT2D eigenvalue weighted by atomic mass is 10.1. The van der Waals surface area contributed by atoms with Crippen LogP contribution in [-0.4, -0.2) is 25.7 Å². The maximum Gasteiger partial charge on any atom is 0.339 e. The predicted molar refractivity (Wildman–Crippen MR) is 68.5 cm³/mol. The molecule has 5 nitrogen and oxygen atoms in total. The van der Waals surface area contributed by atoms with Gasteiger partial charge >= 0.3 is 11.9 Å². The number of carbonyl (C=O) groups is 2. The monoisotopic (exact) mass is 255 g/mol. The molecule has 0 fully saturated rings. The number of hydrogen-bond acceptors (Lipinski definition) is 5. The molecule has 0 aromatic rings. The summed E-state index contributed by atoms with van der Waals surface area (Å²) in [5.74, 6) is -1.06. The fraction of sp³-hybridized carbons (Fsp3) is 0.538. The molecule has 0 aromatic heterocycles. The number of rotatable bonds is 7. The van der Waals surface area contributed by atoms with E-state index in [2.05, 4.69) is 4.74 Å². The Morgan fingerprint density at radius 3 is 2.39 bits per heavy atom. The molecule has 102 valence electrons. The summed E-state index contributed by atoms with van der Waals surface area (Å²) in [6.45, 7) is 4.00. The fourth-order valence-electron chi connectivity index (χ4n) is 1.24. The van der Waals surface area contributed by atoms with Crippen molar-refractivity contribution in [1.82, 2.24) is 0 Å². The first kappa shape index (κ1) is 16.2. The number of carbonyl (C=O) groups excluding carboxylic acids is 2. The molecule has 2 N–H and O–H groups in total. The van der Waals surface area contributed by atoms with Gasteiger partial charge in [-0.05, 0) is 25.8 Å². The molecule has 0 heterocycles. The molecule has 0 amide bonds. The van der Waals surface area contributed by atoms with Crippen LogP contribution >= 0.6 is 0 Å². The molecule has 0 aromatic carbocycles. The van der Waals surface area contributed by atoms with Crippen LogP contribution in [-0.2, 0) is 19.1 Å². The van der Waals surface area contributed by atoms with Crippen molar-refractivity contribution in [2.45, 2.75) is 33.1 Å². The summed E-state index contributed by atoms with van der Waals surface area (Å²) in [4.78, 5) is 22.7. The van der Waals surface area contributed by atoms with Gasteiger partial charge in [-0.1, -0.05) is 13.3 Å². The summed E-state index contributed by atoms with van der Waals surface area (Å²) in [5, 5.41) is 0. The quantitative estimate of drug-likeness (QED) is 0.425. The molecule has 18 heavy (non-hydrogen) atoms. The van der Waals surface area contributed by atoms with Crippen LogP contribution in [0.5, 0.6) is 0 Å². The first-order valence-corrected chi connectivity index (χ1v) is 5.98. The molecule has 5 heteroatoms. The largest absolute Gasteiger partial charge is 0.466 e. The van der Waals surface area contributed by atoms with Crippen molar-refractivity contribution in [2.75, 3.05) is 13.7 Å². The minimum atomic E-state index is -0.542. The predicted octanol–water partition coefficient (Wildman–Crippen LogP) is 1.68. The van der Waals surface area contributed by atoms with Crippen molar-refractivity contribution in [2.24, 2.45) is 5.73 Å². The minimum absolute atomic E-state index is 0.218. The van der Waals surface area contributed by atoms with E-state index in [0.29, 0.717) is 12.1 Å². The zero-order chi connectivity index (χ0) is 14.0. The normalized spacial score (nSPS) is 12.2. The van der Waals surface area contributed by atoms with Crippen LogP contribution in [0.3, 0.4) is 0 Å². The zero-order valence-corrected chi connectivity index (χ0v) is 11.2. The van der Waals surface area contributed by atoms with Gasteiger partial charge in [0, 0.05) is 11.8 Å². The smallest absolute Gasteiger partial charge is 0.339 e. The number of esters is 2. The number of ether oxygens (including phenoxy) is 2. The van der Waals surface area contributed by atoms with E-state index in [9.17, 15) is 9.59 Å². The molecule has 0 bridgehead atoms. The van der Waals surface area contributed by atoms with E-state index in [1.165, 1.54) is 13.2 Å². The second kappa shape index (κ2) is 9.27. The van der Waals surface area contributed by atoms with Crippen LogP contribution in [0, 0.1) is 0 Å². The first-order chi connectivity index (χ1) is 8.56. The average Bonchev–Trinajstić information content (AvgIpc) is 2.36. The number of allylic oxidation sites excluding steroid dienone is 1. The molecule has 0 rings (SSSR count). The van der Waals surface area contributed by atoms with Crippen molar-refractivity contribution >= 4 is 11.9 Å². The van der Waals surface area contributed by atoms with Gasteiger partial charge in [0.25, 0.3) is 0 Å². The molecule has 0 aliphatic heterocycles. The van der Waals surface area contributed by atoms with E-state index in [-0.39, 0.29) is 12.2 Å². The van der Waals surface area contributed by atoms with E-state index in [4.69, 9.17) is 10.5 Å². The summed E-state index contributed by atoms with van der Waals surface area (Å²) in [5.41, 5.74) is 6.48. The lowest BCUT2D eigenvalue weighted by Crippen LogP contribution is -2.13. The van der Waals surface area contributed by atoms with Gasteiger partial charge in [0.15, 0.2) is 0 Å². The lowest BCUT2D eigenvalue weighted by Gasteiger charge is -2.07. The Labute approximate surface area is 108 Å². The lowest BCUT2D eigenvalue weighted by molar-refractivity contribution is -0.138. The summed E-state index contributed by atoms with van der Waals surface area (Å²) in [6, 6.07) is 0. The number of unbranched alkanes of at least 4 members (excludes halogenated alkanes) is 1. The summed E-state index contributed by atoms with van der Waals surface area (Å²) < 4.78 is 9.35. The van der Waals surface area contributed by atoms with Crippen LogP contribution in [0.15, 0.2) is 23.4 Å². The van der Waals surface area contributed by atoms with Crippen molar-refractivity contribution in [3.8, 4) is 0 Å². The van der Waals surface area contributed by atoms with Crippen LogP contribution in [0.4, 0.5) is 0 Å². The highest BCUT2D eigenvalue weighted by Crippen LogP contribution is 2.11. The molecule has 0 saturated carbocycles. The number of hydrogen-bond donors (Lipinski definition) is 1. The van der Waals surface area contributed by atoms with E-state index in [1.807, 2.05) is 6.92 Å². The van der Waals surface area contributed by atoms with Crippen LogP contribution in [0.1, 0.15) is 33.1 Å². The maximum atomic E-state index is 11.7. The molecule has 0 spiro atoms. The van der Waals surface area contributed by atoms with Crippen molar-refractivity contribution < 1.29 is 19.1 Å². The highest BCUT2D eigenvalue weighted by atomic mass is 16.5. The van der Waals surface area contributed by atoms with E-state index >= 15 is 0 Å². The molecule has 0 saturated heterocycles. The Kier molecular flexibility index (Phi) is 8.35. The van der Waals surface area contributed by atoms with Crippen molar-refractivity contribution in [1.29, 1.82) is 0 Å². The van der Waals surface area contributed by atoms with E-state index in [1.54, 1.807) is 6.92 Å².